The molecule has 0 unspecified atom stereocenters. The number of hydrogen-bond acceptors (Lipinski definition) is 5. The van der Waals surface area contributed by atoms with Crippen molar-refractivity contribution in [2.45, 2.75) is 0 Å². The average molecular weight is 486 g/mol. The molecule has 0 atom stereocenters. The molecule has 2 aliphatic heterocycles. The van der Waals surface area contributed by atoms with Crippen molar-refractivity contribution >= 4 is 17.9 Å². The van der Waals surface area contributed by atoms with E-state index in [1.807, 2.05) is 87.4 Å². The summed E-state index contributed by atoms with van der Waals surface area (Å²) in [5.74, 6) is 0.113. The zero-order chi connectivity index (χ0) is 24.7. The lowest BCUT2D eigenvalue weighted by Gasteiger charge is -2.35. The second kappa shape index (κ2) is 11.3. The van der Waals surface area contributed by atoms with Crippen LogP contribution < -0.4 is 0 Å². The quantitative estimate of drug-likeness (QED) is 0.502. The van der Waals surface area contributed by atoms with Crippen LogP contribution in [0.4, 0.5) is 0 Å². The number of benzene rings is 2. The maximum Gasteiger partial charge on any atom is 0.246 e. The molecule has 2 aromatic carbocycles. The van der Waals surface area contributed by atoms with E-state index in [9.17, 15) is 9.59 Å². The Labute approximate surface area is 211 Å². The normalized spacial score (nSPS) is 17.0. The Balaban J connectivity index is 1.23. The number of carbonyl (C=O) groups excluding carboxylic acids is 2. The number of para-hydroxylation sites is 1. The maximum absolute atomic E-state index is 13.0. The summed E-state index contributed by atoms with van der Waals surface area (Å²) >= 11 is 0. The van der Waals surface area contributed by atoms with E-state index in [0.29, 0.717) is 59.0 Å². The van der Waals surface area contributed by atoms with E-state index >= 15 is 0 Å². The molecule has 3 aromatic rings. The summed E-state index contributed by atoms with van der Waals surface area (Å²) in [6.07, 6.45) is 5.44. The van der Waals surface area contributed by atoms with Gasteiger partial charge in [0.1, 0.15) is 0 Å². The highest BCUT2D eigenvalue weighted by Gasteiger charge is 2.24. The van der Waals surface area contributed by atoms with Gasteiger partial charge < -0.3 is 14.5 Å². The van der Waals surface area contributed by atoms with Gasteiger partial charge in [0, 0.05) is 62.7 Å². The number of ether oxygens (including phenoxy) is 1. The zero-order valence-corrected chi connectivity index (χ0v) is 20.3. The summed E-state index contributed by atoms with van der Waals surface area (Å²) in [5.41, 5.74) is 3.67. The highest BCUT2D eigenvalue weighted by atomic mass is 16.5. The zero-order valence-electron chi connectivity index (χ0n) is 20.3. The number of piperazine rings is 1. The molecule has 2 aliphatic rings. The predicted octanol–water partition coefficient (Wildman–Crippen LogP) is 2.56. The highest BCUT2D eigenvalue weighted by molar-refractivity contribution is 5.93. The molecule has 2 amide bonds. The van der Waals surface area contributed by atoms with Gasteiger partial charge in [0.25, 0.3) is 0 Å². The summed E-state index contributed by atoms with van der Waals surface area (Å²) in [6.45, 7) is 5.53. The molecule has 36 heavy (non-hydrogen) atoms. The van der Waals surface area contributed by atoms with Crippen LogP contribution in [0.15, 0.2) is 72.9 Å². The van der Waals surface area contributed by atoms with Crippen molar-refractivity contribution in [3.8, 4) is 16.9 Å². The van der Waals surface area contributed by atoms with Crippen molar-refractivity contribution < 1.29 is 14.3 Å². The Morgan fingerprint density at radius 1 is 0.833 bits per heavy atom. The van der Waals surface area contributed by atoms with Gasteiger partial charge in [-0.05, 0) is 18.2 Å². The molecular weight excluding hydrogens is 454 g/mol. The van der Waals surface area contributed by atoms with E-state index in [2.05, 4.69) is 4.90 Å². The molecule has 186 valence electrons. The van der Waals surface area contributed by atoms with Crippen LogP contribution >= 0.6 is 0 Å². The SMILES string of the molecule is O=C(C=Cc1cn(-c2ccccc2)nc1-c1ccccc1)N1CCN(CC(=O)N2CCOCC2)CC1. The predicted molar refractivity (Wildman–Crippen MR) is 138 cm³/mol. The van der Waals surface area contributed by atoms with Gasteiger partial charge in [0.05, 0.1) is 31.1 Å². The monoisotopic (exact) mass is 485 g/mol. The molecule has 8 heteroatoms. The smallest absolute Gasteiger partial charge is 0.246 e. The van der Waals surface area contributed by atoms with E-state index < -0.39 is 0 Å². The molecule has 0 radical (unpaired) electrons. The van der Waals surface area contributed by atoms with Gasteiger partial charge in [-0.2, -0.15) is 5.10 Å². The summed E-state index contributed by atoms with van der Waals surface area (Å²) < 4.78 is 7.17. The second-order valence-electron chi connectivity index (χ2n) is 9.01. The largest absolute Gasteiger partial charge is 0.378 e. The Bertz CT molecular complexity index is 1190. The minimum atomic E-state index is -0.0272. The van der Waals surface area contributed by atoms with Crippen molar-refractivity contribution in [3.05, 3.63) is 78.5 Å². The first-order valence-corrected chi connectivity index (χ1v) is 12.4. The molecule has 0 N–H and O–H groups in total. The third-order valence-corrected chi connectivity index (χ3v) is 6.62. The molecule has 5 rings (SSSR count). The van der Waals surface area contributed by atoms with Crippen LogP contribution in [0.25, 0.3) is 23.0 Å². The average Bonchev–Trinajstić information content (AvgIpc) is 3.38. The minimum Gasteiger partial charge on any atom is -0.378 e. The lowest BCUT2D eigenvalue weighted by molar-refractivity contribution is -0.137. The molecule has 0 spiro atoms. The standard InChI is InChI=1S/C28H31N5O3/c34-26(31-15-13-30(14-16-31)22-27(35)32-17-19-36-20-18-32)12-11-24-21-33(25-9-5-2-6-10-25)29-28(24)23-7-3-1-4-8-23/h1-12,21H,13-20,22H2. The van der Waals surface area contributed by atoms with E-state index in [1.54, 1.807) is 6.08 Å². The Kier molecular flexibility index (Phi) is 7.54. The van der Waals surface area contributed by atoms with E-state index in [1.165, 1.54) is 0 Å². The number of hydrogen-bond donors (Lipinski definition) is 0. The lowest BCUT2D eigenvalue weighted by Crippen LogP contribution is -2.52. The first-order valence-electron chi connectivity index (χ1n) is 12.4. The van der Waals surface area contributed by atoms with Gasteiger partial charge in [-0.15, -0.1) is 0 Å². The molecule has 3 heterocycles. The van der Waals surface area contributed by atoms with Crippen LogP contribution in [0, 0.1) is 0 Å². The number of morpholine rings is 1. The Morgan fingerprint density at radius 2 is 1.50 bits per heavy atom. The van der Waals surface area contributed by atoms with Gasteiger partial charge in [-0.3, -0.25) is 14.5 Å². The highest BCUT2D eigenvalue weighted by Crippen LogP contribution is 2.25. The molecule has 0 saturated carbocycles. The Morgan fingerprint density at radius 3 is 2.19 bits per heavy atom. The fourth-order valence-electron chi connectivity index (χ4n) is 4.54. The van der Waals surface area contributed by atoms with E-state index in [0.717, 1.165) is 22.5 Å². The van der Waals surface area contributed by atoms with Gasteiger partial charge in [0.2, 0.25) is 11.8 Å². The summed E-state index contributed by atoms with van der Waals surface area (Å²) in [4.78, 5) is 31.3. The summed E-state index contributed by atoms with van der Waals surface area (Å²) in [5, 5.41) is 4.81. The number of rotatable bonds is 6. The van der Waals surface area contributed by atoms with Crippen LogP contribution in [0.5, 0.6) is 0 Å². The fraction of sp³-hybridized carbons (Fsp3) is 0.321. The van der Waals surface area contributed by atoms with Crippen molar-refractivity contribution in [1.82, 2.24) is 24.5 Å². The van der Waals surface area contributed by atoms with E-state index in [4.69, 9.17) is 9.84 Å². The lowest BCUT2D eigenvalue weighted by atomic mass is 10.1. The van der Waals surface area contributed by atoms with Gasteiger partial charge in [0.15, 0.2) is 0 Å². The van der Waals surface area contributed by atoms with Crippen molar-refractivity contribution in [2.75, 3.05) is 59.0 Å². The summed E-state index contributed by atoms with van der Waals surface area (Å²) in [6, 6.07) is 19.9. The van der Waals surface area contributed by atoms with E-state index in [-0.39, 0.29) is 11.8 Å². The maximum atomic E-state index is 13.0. The molecule has 0 bridgehead atoms. The van der Waals surface area contributed by atoms with Gasteiger partial charge in [-0.25, -0.2) is 4.68 Å². The third-order valence-electron chi connectivity index (χ3n) is 6.62. The van der Waals surface area contributed by atoms with Crippen molar-refractivity contribution in [1.29, 1.82) is 0 Å². The van der Waals surface area contributed by atoms with Crippen molar-refractivity contribution in [3.63, 3.8) is 0 Å². The molecular formula is C28H31N5O3. The number of aromatic nitrogens is 2. The van der Waals surface area contributed by atoms with Gasteiger partial charge >= 0.3 is 0 Å². The summed E-state index contributed by atoms with van der Waals surface area (Å²) in [7, 11) is 0. The van der Waals surface area contributed by atoms with Gasteiger partial charge in [-0.1, -0.05) is 48.5 Å². The topological polar surface area (TPSA) is 70.9 Å². The first kappa shape index (κ1) is 24.0. The minimum absolute atomic E-state index is 0.0272. The third kappa shape index (κ3) is 5.72. The number of nitrogens with zero attached hydrogens (tertiary/aromatic N) is 5. The van der Waals surface area contributed by atoms with Crippen LogP contribution in [-0.4, -0.2) is 95.3 Å². The van der Waals surface area contributed by atoms with Crippen molar-refractivity contribution in [2.24, 2.45) is 0 Å². The number of carbonyl (C=O) groups is 2. The molecule has 0 aliphatic carbocycles. The fourth-order valence-corrected chi connectivity index (χ4v) is 4.54. The van der Waals surface area contributed by atoms with Crippen LogP contribution in [0.3, 0.4) is 0 Å². The van der Waals surface area contributed by atoms with Crippen LogP contribution in [0.2, 0.25) is 0 Å². The van der Waals surface area contributed by atoms with Crippen LogP contribution in [0.1, 0.15) is 5.56 Å². The molecule has 2 fully saturated rings. The molecule has 8 nitrogen and oxygen atoms in total. The number of amides is 2. The first-order chi connectivity index (χ1) is 17.7. The Hall–Kier alpha value is -3.75. The second-order valence-corrected chi connectivity index (χ2v) is 9.01. The molecule has 2 saturated heterocycles. The molecule has 1 aromatic heterocycles. The van der Waals surface area contributed by atoms with Crippen LogP contribution in [-0.2, 0) is 14.3 Å².